The molecule has 0 aromatic rings. The van der Waals surface area contributed by atoms with Crippen LogP contribution < -0.4 is 5.73 Å². The highest BCUT2D eigenvalue weighted by Crippen LogP contribution is 2.25. The lowest BCUT2D eigenvalue weighted by Crippen LogP contribution is -2.26. The molecule has 0 unspecified atom stereocenters. The minimum absolute atomic E-state index is 0.0824. The first-order chi connectivity index (χ1) is 5.68. The molecule has 0 spiro atoms. The molecule has 1 aliphatic carbocycles. The van der Waals surface area contributed by atoms with Crippen molar-refractivity contribution in [3.8, 4) is 0 Å². The molecular weight excluding hydrogens is 154 g/mol. The Labute approximate surface area is 73.3 Å². The minimum atomic E-state index is -0.367. The molecule has 70 valence electrons. The van der Waals surface area contributed by atoms with Crippen LogP contribution in [0.25, 0.3) is 0 Å². The Bertz CT molecular complexity index is 151. The normalized spacial score (nSPS) is 30.1. The van der Waals surface area contributed by atoms with E-state index in [0.717, 1.165) is 18.8 Å². The van der Waals surface area contributed by atoms with Gasteiger partial charge in [-0.3, -0.25) is 4.79 Å². The Morgan fingerprint density at radius 1 is 1.42 bits per heavy atom. The molecule has 0 radical (unpaired) electrons. The van der Waals surface area contributed by atoms with Gasteiger partial charge in [0.2, 0.25) is 5.91 Å². The fraction of sp³-hybridized carbons (Fsp3) is 0.889. The van der Waals surface area contributed by atoms with Gasteiger partial charge in [-0.2, -0.15) is 0 Å². The third kappa shape index (κ3) is 3.22. The molecule has 12 heavy (non-hydrogen) atoms. The van der Waals surface area contributed by atoms with Crippen LogP contribution in [0.5, 0.6) is 0 Å². The van der Waals surface area contributed by atoms with E-state index in [0.29, 0.717) is 0 Å². The van der Waals surface area contributed by atoms with Gasteiger partial charge < -0.3 is 10.5 Å². The average molecular weight is 171 g/mol. The predicted octanol–water partition coefficient (Wildman–Crippen LogP) is 1.07. The van der Waals surface area contributed by atoms with Gasteiger partial charge >= 0.3 is 0 Å². The van der Waals surface area contributed by atoms with Crippen molar-refractivity contribution in [2.45, 2.75) is 38.7 Å². The molecule has 0 bridgehead atoms. The van der Waals surface area contributed by atoms with E-state index in [2.05, 4.69) is 6.92 Å². The summed E-state index contributed by atoms with van der Waals surface area (Å²) in [6, 6.07) is 0. The summed E-state index contributed by atoms with van der Waals surface area (Å²) in [4.78, 5) is 10.4. The first-order valence-electron chi connectivity index (χ1n) is 4.58. The average Bonchev–Trinajstić information content (AvgIpc) is 2.03. The van der Waals surface area contributed by atoms with Gasteiger partial charge in [-0.25, -0.2) is 0 Å². The number of carbonyl (C=O) groups excluding carboxylic acids is 1. The second-order valence-electron chi connectivity index (χ2n) is 3.66. The summed E-state index contributed by atoms with van der Waals surface area (Å²) in [5, 5.41) is 0. The summed E-state index contributed by atoms with van der Waals surface area (Å²) >= 11 is 0. The van der Waals surface area contributed by atoms with E-state index in [4.69, 9.17) is 10.5 Å². The number of nitrogens with two attached hydrogens (primary N) is 1. The SMILES string of the molecule is C[C@H]1CC[C@H](OCC(N)=O)CC1. The largest absolute Gasteiger partial charge is 0.368 e. The predicted molar refractivity (Wildman–Crippen MR) is 46.6 cm³/mol. The van der Waals surface area contributed by atoms with Crippen molar-refractivity contribution >= 4 is 5.91 Å². The summed E-state index contributed by atoms with van der Waals surface area (Å²) < 4.78 is 5.32. The van der Waals surface area contributed by atoms with Gasteiger partial charge in [0.05, 0.1) is 6.10 Å². The maximum absolute atomic E-state index is 10.4. The van der Waals surface area contributed by atoms with Gasteiger partial charge in [0, 0.05) is 0 Å². The monoisotopic (exact) mass is 171 g/mol. The van der Waals surface area contributed by atoms with Gasteiger partial charge in [0.1, 0.15) is 6.61 Å². The van der Waals surface area contributed by atoms with Crippen LogP contribution in [0.3, 0.4) is 0 Å². The second kappa shape index (κ2) is 4.45. The van der Waals surface area contributed by atoms with Crippen LogP contribution in [0.4, 0.5) is 0 Å². The molecule has 3 heteroatoms. The topological polar surface area (TPSA) is 52.3 Å². The molecule has 3 nitrogen and oxygen atoms in total. The zero-order valence-electron chi connectivity index (χ0n) is 7.58. The summed E-state index contributed by atoms with van der Waals surface area (Å²) in [7, 11) is 0. The molecule has 0 heterocycles. The third-order valence-electron chi connectivity index (χ3n) is 2.42. The lowest BCUT2D eigenvalue weighted by molar-refractivity contribution is -0.125. The fourth-order valence-corrected chi connectivity index (χ4v) is 1.60. The Balaban J connectivity index is 2.13. The Kier molecular flexibility index (Phi) is 3.53. The van der Waals surface area contributed by atoms with Crippen LogP contribution in [0, 0.1) is 5.92 Å². The van der Waals surface area contributed by atoms with Crippen molar-refractivity contribution in [1.29, 1.82) is 0 Å². The molecule has 1 saturated carbocycles. The number of rotatable bonds is 3. The summed E-state index contributed by atoms with van der Waals surface area (Å²) in [6.07, 6.45) is 4.85. The lowest BCUT2D eigenvalue weighted by Gasteiger charge is -2.25. The van der Waals surface area contributed by atoms with E-state index in [1.54, 1.807) is 0 Å². The molecule has 0 aromatic carbocycles. The van der Waals surface area contributed by atoms with Crippen LogP contribution in [0.15, 0.2) is 0 Å². The van der Waals surface area contributed by atoms with E-state index < -0.39 is 0 Å². The molecule has 1 rings (SSSR count). The van der Waals surface area contributed by atoms with E-state index in [-0.39, 0.29) is 18.6 Å². The van der Waals surface area contributed by atoms with E-state index in [1.165, 1.54) is 12.8 Å². The zero-order valence-corrected chi connectivity index (χ0v) is 7.58. The van der Waals surface area contributed by atoms with Crippen molar-refractivity contribution in [2.24, 2.45) is 11.7 Å². The van der Waals surface area contributed by atoms with Gasteiger partial charge in [0.15, 0.2) is 0 Å². The number of hydrogen-bond donors (Lipinski definition) is 1. The van der Waals surface area contributed by atoms with Gasteiger partial charge in [-0.1, -0.05) is 6.92 Å². The van der Waals surface area contributed by atoms with E-state index in [9.17, 15) is 4.79 Å². The van der Waals surface area contributed by atoms with E-state index in [1.807, 2.05) is 0 Å². The molecule has 0 atom stereocenters. The van der Waals surface area contributed by atoms with Crippen LogP contribution in [-0.2, 0) is 9.53 Å². The van der Waals surface area contributed by atoms with Gasteiger partial charge in [-0.05, 0) is 31.6 Å². The van der Waals surface area contributed by atoms with Gasteiger partial charge in [0.25, 0.3) is 0 Å². The molecule has 1 amide bonds. The Morgan fingerprint density at radius 2 is 2.00 bits per heavy atom. The molecule has 0 aromatic heterocycles. The highest BCUT2D eigenvalue weighted by Gasteiger charge is 2.18. The molecule has 2 N–H and O–H groups in total. The number of primary amides is 1. The van der Waals surface area contributed by atoms with Crippen LogP contribution in [-0.4, -0.2) is 18.6 Å². The summed E-state index contributed by atoms with van der Waals surface area (Å²) in [5.41, 5.74) is 4.97. The highest BCUT2D eigenvalue weighted by molar-refractivity contribution is 5.74. The zero-order chi connectivity index (χ0) is 8.97. The van der Waals surface area contributed by atoms with E-state index >= 15 is 0 Å². The highest BCUT2D eigenvalue weighted by atomic mass is 16.5. The maximum atomic E-state index is 10.4. The molecule has 0 aliphatic heterocycles. The number of carbonyl (C=O) groups is 1. The Morgan fingerprint density at radius 3 is 2.50 bits per heavy atom. The lowest BCUT2D eigenvalue weighted by atomic mass is 9.89. The van der Waals surface area contributed by atoms with Crippen LogP contribution >= 0.6 is 0 Å². The number of ether oxygens (including phenoxy) is 1. The van der Waals surface area contributed by atoms with Crippen LogP contribution in [0.2, 0.25) is 0 Å². The molecule has 1 aliphatic rings. The van der Waals surface area contributed by atoms with Crippen molar-refractivity contribution in [1.82, 2.24) is 0 Å². The molecule has 1 fully saturated rings. The standard InChI is InChI=1S/C9H17NO2/c1-7-2-4-8(5-3-7)12-6-9(10)11/h7-8H,2-6H2,1H3,(H2,10,11)/t7-,8-. The summed E-state index contributed by atoms with van der Waals surface area (Å²) in [5.74, 6) is 0.451. The second-order valence-corrected chi connectivity index (χ2v) is 3.66. The molecule has 0 saturated heterocycles. The first kappa shape index (κ1) is 9.52. The number of hydrogen-bond acceptors (Lipinski definition) is 2. The van der Waals surface area contributed by atoms with Crippen molar-refractivity contribution < 1.29 is 9.53 Å². The summed E-state index contributed by atoms with van der Waals surface area (Å²) in [6.45, 7) is 2.34. The quantitative estimate of drug-likeness (QED) is 0.690. The Hall–Kier alpha value is -0.570. The minimum Gasteiger partial charge on any atom is -0.368 e. The smallest absolute Gasteiger partial charge is 0.243 e. The van der Waals surface area contributed by atoms with Crippen molar-refractivity contribution in [3.63, 3.8) is 0 Å². The van der Waals surface area contributed by atoms with Crippen molar-refractivity contribution in [2.75, 3.05) is 6.61 Å². The fourth-order valence-electron chi connectivity index (χ4n) is 1.60. The van der Waals surface area contributed by atoms with Crippen molar-refractivity contribution in [3.05, 3.63) is 0 Å². The molecular formula is C9H17NO2. The first-order valence-corrected chi connectivity index (χ1v) is 4.58. The maximum Gasteiger partial charge on any atom is 0.243 e. The number of amides is 1. The third-order valence-corrected chi connectivity index (χ3v) is 2.42. The van der Waals surface area contributed by atoms with Crippen LogP contribution in [0.1, 0.15) is 32.6 Å². The van der Waals surface area contributed by atoms with Gasteiger partial charge in [-0.15, -0.1) is 0 Å².